The third-order valence-corrected chi connectivity index (χ3v) is 5.38. The Morgan fingerprint density at radius 3 is 2.95 bits per heavy atom. The lowest BCUT2D eigenvalue weighted by Gasteiger charge is -2.26. The average molecular weight is 328 g/mol. The number of aromatic nitrogens is 2. The van der Waals surface area contributed by atoms with Crippen molar-refractivity contribution in [3.8, 4) is 0 Å². The number of H-pyrrole nitrogens is 1. The number of benzene rings is 1. The molecule has 1 aliphatic rings. The molecule has 1 aromatic carbocycles. The van der Waals surface area contributed by atoms with Crippen molar-refractivity contribution < 1.29 is 0 Å². The highest BCUT2D eigenvalue weighted by atomic mass is 32.1. The van der Waals surface area contributed by atoms with Gasteiger partial charge in [0, 0.05) is 24.5 Å². The van der Waals surface area contributed by atoms with Crippen molar-refractivity contribution in [3.63, 3.8) is 0 Å². The van der Waals surface area contributed by atoms with Gasteiger partial charge in [0.25, 0.3) is 0 Å². The Morgan fingerprint density at radius 1 is 1.32 bits per heavy atom. The molecule has 3 aromatic rings. The number of anilines is 1. The van der Waals surface area contributed by atoms with Gasteiger partial charge in [-0.25, -0.2) is 4.98 Å². The van der Waals surface area contributed by atoms with E-state index in [4.69, 9.17) is 18.0 Å². The summed E-state index contributed by atoms with van der Waals surface area (Å²) in [7, 11) is 0. The Morgan fingerprint density at radius 2 is 2.14 bits per heavy atom. The van der Waals surface area contributed by atoms with Crippen LogP contribution in [0.2, 0.25) is 0 Å². The Kier molecular flexibility index (Phi) is 3.44. The van der Waals surface area contributed by atoms with Gasteiger partial charge in [0.2, 0.25) is 0 Å². The Hall–Kier alpha value is -1.76. The molecular weight excluding hydrogens is 312 g/mol. The molecule has 0 spiro atoms. The zero-order valence-electron chi connectivity index (χ0n) is 12.0. The van der Waals surface area contributed by atoms with E-state index in [2.05, 4.69) is 45.2 Å². The summed E-state index contributed by atoms with van der Waals surface area (Å²) in [5.41, 5.74) is 8.82. The summed E-state index contributed by atoms with van der Waals surface area (Å²) in [4.78, 5) is 12.2. The first-order valence-electron chi connectivity index (χ1n) is 7.27. The van der Waals surface area contributed by atoms with Gasteiger partial charge in [-0.2, -0.15) is 0 Å². The van der Waals surface area contributed by atoms with E-state index in [0.29, 0.717) is 10.6 Å². The minimum absolute atomic E-state index is 0.463. The van der Waals surface area contributed by atoms with Crippen molar-refractivity contribution in [2.75, 3.05) is 12.3 Å². The first-order valence-corrected chi connectivity index (χ1v) is 8.49. The zero-order valence-corrected chi connectivity index (χ0v) is 13.6. The maximum Gasteiger partial charge on any atom is 0.199 e. The number of nitrogen functional groups attached to an aromatic ring is 1. The van der Waals surface area contributed by atoms with Gasteiger partial charge in [-0.1, -0.05) is 30.3 Å². The van der Waals surface area contributed by atoms with Crippen LogP contribution in [0.1, 0.15) is 16.0 Å². The topological polar surface area (TPSA) is 57.9 Å². The molecule has 0 unspecified atom stereocenters. The molecule has 2 aromatic heterocycles. The number of fused-ring (bicyclic) bond motifs is 3. The molecule has 4 nitrogen and oxygen atoms in total. The number of nitrogens with two attached hydrogens (primary N) is 1. The number of hydrogen-bond acceptors (Lipinski definition) is 5. The fraction of sp³-hybridized carbons (Fsp3) is 0.250. The van der Waals surface area contributed by atoms with Crippen LogP contribution in [0.25, 0.3) is 10.2 Å². The number of hydrogen-bond donors (Lipinski definition) is 2. The molecule has 0 fully saturated rings. The predicted molar refractivity (Wildman–Crippen MR) is 93.5 cm³/mol. The van der Waals surface area contributed by atoms with Crippen LogP contribution in [-0.2, 0) is 19.5 Å². The lowest BCUT2D eigenvalue weighted by Crippen LogP contribution is -2.29. The Bertz CT molecular complexity index is 882. The van der Waals surface area contributed by atoms with Gasteiger partial charge in [-0.05, 0) is 29.8 Å². The van der Waals surface area contributed by atoms with E-state index < -0.39 is 0 Å². The molecule has 4 rings (SSSR count). The number of rotatable bonds is 2. The van der Waals surface area contributed by atoms with E-state index in [1.807, 2.05) is 0 Å². The molecular formula is C16H16N4S2. The predicted octanol–water partition coefficient (Wildman–Crippen LogP) is 3.49. The van der Waals surface area contributed by atoms with Gasteiger partial charge in [0.1, 0.15) is 10.6 Å². The number of nitrogens with one attached hydrogen (secondary N) is 1. The molecule has 0 atom stereocenters. The zero-order chi connectivity index (χ0) is 15.1. The van der Waals surface area contributed by atoms with Crippen molar-refractivity contribution in [1.29, 1.82) is 0 Å². The first kappa shape index (κ1) is 13.9. The van der Waals surface area contributed by atoms with Gasteiger partial charge in [0.15, 0.2) is 4.77 Å². The van der Waals surface area contributed by atoms with Crippen LogP contribution in [0.15, 0.2) is 30.3 Å². The number of aromatic amines is 1. The normalized spacial score (nSPS) is 15.1. The summed E-state index contributed by atoms with van der Waals surface area (Å²) in [6, 6.07) is 10.6. The minimum Gasteiger partial charge on any atom is -0.385 e. The average Bonchev–Trinajstić information content (AvgIpc) is 2.85. The lowest BCUT2D eigenvalue weighted by atomic mass is 10.0. The third-order valence-electron chi connectivity index (χ3n) is 4.08. The summed E-state index contributed by atoms with van der Waals surface area (Å²) < 4.78 is 0.463. The summed E-state index contributed by atoms with van der Waals surface area (Å²) >= 11 is 6.85. The molecule has 112 valence electrons. The quantitative estimate of drug-likeness (QED) is 0.707. The molecule has 6 heteroatoms. The molecule has 3 heterocycles. The van der Waals surface area contributed by atoms with E-state index in [1.54, 1.807) is 11.3 Å². The van der Waals surface area contributed by atoms with Crippen LogP contribution >= 0.6 is 23.6 Å². The largest absolute Gasteiger partial charge is 0.385 e. The summed E-state index contributed by atoms with van der Waals surface area (Å²) in [5, 5.41) is 1.08. The maximum absolute atomic E-state index is 6.11. The highest BCUT2D eigenvalue weighted by molar-refractivity contribution is 7.71. The Labute approximate surface area is 137 Å². The first-order chi connectivity index (χ1) is 10.7. The van der Waals surface area contributed by atoms with Crippen LogP contribution in [0.5, 0.6) is 0 Å². The molecule has 0 amide bonds. The summed E-state index contributed by atoms with van der Waals surface area (Å²) in [5.74, 6) is 0.656. The van der Waals surface area contributed by atoms with Crippen molar-refractivity contribution in [2.24, 2.45) is 0 Å². The third kappa shape index (κ3) is 2.43. The van der Waals surface area contributed by atoms with Crippen LogP contribution in [0.4, 0.5) is 5.82 Å². The molecule has 0 saturated heterocycles. The van der Waals surface area contributed by atoms with Crippen molar-refractivity contribution in [1.82, 2.24) is 14.9 Å². The van der Waals surface area contributed by atoms with Gasteiger partial charge in [-0.15, -0.1) is 11.3 Å². The standard InChI is InChI=1S/C16H16N4S2/c17-14-13-11-6-7-20(8-10-4-2-1-3-5-10)9-12(11)22-15(13)19-16(21)18-14/h1-5H,6-9H2,(H3,17,18,19,21). The molecule has 0 radical (unpaired) electrons. The lowest BCUT2D eigenvalue weighted by molar-refractivity contribution is 0.249. The molecule has 3 N–H and O–H groups in total. The highest BCUT2D eigenvalue weighted by Crippen LogP contribution is 2.36. The molecule has 22 heavy (non-hydrogen) atoms. The molecule has 1 aliphatic heterocycles. The summed E-state index contributed by atoms with van der Waals surface area (Å²) in [6.07, 6.45) is 1.01. The van der Waals surface area contributed by atoms with Gasteiger partial charge < -0.3 is 10.7 Å². The van der Waals surface area contributed by atoms with Gasteiger partial charge in [-0.3, -0.25) is 4.90 Å². The smallest absolute Gasteiger partial charge is 0.199 e. The van der Waals surface area contributed by atoms with Crippen molar-refractivity contribution >= 4 is 39.6 Å². The van der Waals surface area contributed by atoms with E-state index in [0.717, 1.165) is 36.3 Å². The van der Waals surface area contributed by atoms with Crippen molar-refractivity contribution in [2.45, 2.75) is 19.5 Å². The monoisotopic (exact) mass is 328 g/mol. The van der Waals surface area contributed by atoms with Gasteiger partial charge >= 0.3 is 0 Å². The van der Waals surface area contributed by atoms with E-state index >= 15 is 0 Å². The second-order valence-corrected chi connectivity index (χ2v) is 7.06. The SMILES string of the molecule is Nc1[nH]c(=S)nc2sc3c(c12)CCN(Cc1ccccc1)C3. The van der Waals surface area contributed by atoms with Crippen molar-refractivity contribution in [3.05, 3.63) is 51.1 Å². The second kappa shape index (κ2) is 5.46. The number of thiophene rings is 1. The van der Waals surface area contributed by atoms with Crippen LogP contribution < -0.4 is 5.73 Å². The fourth-order valence-electron chi connectivity index (χ4n) is 3.07. The molecule has 0 saturated carbocycles. The van der Waals surface area contributed by atoms with Crippen LogP contribution in [-0.4, -0.2) is 21.4 Å². The minimum atomic E-state index is 0.463. The van der Waals surface area contributed by atoms with E-state index in [1.165, 1.54) is 16.0 Å². The second-order valence-electron chi connectivity index (χ2n) is 5.59. The fourth-order valence-corrected chi connectivity index (χ4v) is 4.61. The van der Waals surface area contributed by atoms with E-state index in [9.17, 15) is 0 Å². The molecule has 0 bridgehead atoms. The summed E-state index contributed by atoms with van der Waals surface area (Å²) in [6.45, 7) is 2.98. The number of nitrogens with zero attached hydrogens (tertiary/aromatic N) is 2. The molecule has 0 aliphatic carbocycles. The highest BCUT2D eigenvalue weighted by Gasteiger charge is 2.23. The maximum atomic E-state index is 6.11. The van der Waals surface area contributed by atoms with E-state index in [-0.39, 0.29) is 0 Å². The van der Waals surface area contributed by atoms with Gasteiger partial charge in [0.05, 0.1) is 5.39 Å². The van der Waals surface area contributed by atoms with Crippen LogP contribution in [0.3, 0.4) is 0 Å². The van der Waals surface area contributed by atoms with Crippen LogP contribution in [0, 0.1) is 4.77 Å². The Balaban J connectivity index is 1.66.